The van der Waals surface area contributed by atoms with E-state index < -0.39 is 0 Å². The van der Waals surface area contributed by atoms with E-state index in [1.165, 1.54) is 0 Å². The molecular formula is C20H18N4O2S. The van der Waals surface area contributed by atoms with Gasteiger partial charge in [0.05, 0.1) is 11.0 Å². The van der Waals surface area contributed by atoms with Crippen molar-refractivity contribution in [3.8, 4) is 0 Å². The molecule has 1 aliphatic rings. The van der Waals surface area contributed by atoms with Crippen molar-refractivity contribution in [2.75, 3.05) is 11.9 Å². The summed E-state index contributed by atoms with van der Waals surface area (Å²) in [5.74, 6) is 0. The topological polar surface area (TPSA) is 63.3 Å². The molecule has 2 aromatic carbocycles. The van der Waals surface area contributed by atoms with Crippen LogP contribution in [0.5, 0.6) is 0 Å². The second-order valence-corrected chi connectivity index (χ2v) is 6.75. The lowest BCUT2D eigenvalue weighted by molar-refractivity contribution is -0.384. The summed E-state index contributed by atoms with van der Waals surface area (Å²) in [5.41, 5.74) is 3.11. The summed E-state index contributed by atoms with van der Waals surface area (Å²) in [5, 5.41) is 14.9. The van der Waals surface area contributed by atoms with Crippen molar-refractivity contribution in [2.24, 2.45) is 0 Å². The van der Waals surface area contributed by atoms with Gasteiger partial charge in [-0.05, 0) is 54.2 Å². The number of nitro groups is 1. The third kappa shape index (κ3) is 3.41. The molecule has 0 fully saturated rings. The molecule has 0 unspecified atom stereocenters. The van der Waals surface area contributed by atoms with Gasteiger partial charge in [0.15, 0.2) is 5.11 Å². The van der Waals surface area contributed by atoms with Crippen molar-refractivity contribution in [1.29, 1.82) is 0 Å². The van der Waals surface area contributed by atoms with Crippen LogP contribution in [0.4, 0.5) is 11.4 Å². The molecule has 0 radical (unpaired) electrons. The van der Waals surface area contributed by atoms with Crippen molar-refractivity contribution in [2.45, 2.75) is 12.6 Å². The first-order valence-electron chi connectivity index (χ1n) is 8.65. The number of rotatable bonds is 3. The molecule has 0 spiro atoms. The standard InChI is InChI=1S/C20H18N4O2S/c25-24(26)17-10-8-15(9-11-17)19-18-7-4-12-22(18)13-14-23(19)20(27)21-16-5-2-1-3-6-16/h1-12,19H,13-14H2,(H,21,27)/t19-/m1/s1. The largest absolute Gasteiger partial charge is 0.348 e. The van der Waals surface area contributed by atoms with Crippen molar-refractivity contribution in [3.63, 3.8) is 0 Å². The van der Waals surface area contributed by atoms with Crippen molar-refractivity contribution < 1.29 is 4.92 Å². The molecule has 0 saturated carbocycles. The number of nitrogens with zero attached hydrogens (tertiary/aromatic N) is 3. The van der Waals surface area contributed by atoms with Crippen LogP contribution < -0.4 is 5.32 Å². The molecule has 2 heterocycles. The summed E-state index contributed by atoms with van der Waals surface area (Å²) in [6.45, 7) is 1.59. The number of fused-ring (bicyclic) bond motifs is 1. The van der Waals surface area contributed by atoms with Gasteiger partial charge in [-0.15, -0.1) is 0 Å². The van der Waals surface area contributed by atoms with E-state index in [0.29, 0.717) is 5.11 Å². The van der Waals surface area contributed by atoms with Gasteiger partial charge in [-0.2, -0.15) is 0 Å². The lowest BCUT2D eigenvalue weighted by atomic mass is 10.00. The minimum absolute atomic E-state index is 0.0847. The zero-order valence-electron chi connectivity index (χ0n) is 14.5. The van der Waals surface area contributed by atoms with Gasteiger partial charge in [0.25, 0.3) is 5.69 Å². The number of non-ortho nitro benzene ring substituents is 1. The Kier molecular flexibility index (Phi) is 4.60. The fraction of sp³-hybridized carbons (Fsp3) is 0.150. The lowest BCUT2D eigenvalue weighted by Gasteiger charge is -2.39. The van der Waals surface area contributed by atoms with Gasteiger partial charge in [-0.3, -0.25) is 10.1 Å². The van der Waals surface area contributed by atoms with Gasteiger partial charge in [0.1, 0.15) is 0 Å². The molecule has 6 nitrogen and oxygen atoms in total. The number of nitro benzene ring substituents is 1. The normalized spacial score (nSPS) is 15.9. The van der Waals surface area contributed by atoms with Crippen LogP contribution in [0, 0.1) is 10.1 Å². The van der Waals surface area contributed by atoms with Crippen LogP contribution in [-0.2, 0) is 6.54 Å². The minimum Gasteiger partial charge on any atom is -0.348 e. The fourth-order valence-corrected chi connectivity index (χ4v) is 3.76. The van der Waals surface area contributed by atoms with Gasteiger partial charge in [0.2, 0.25) is 0 Å². The number of benzene rings is 2. The Morgan fingerprint density at radius 3 is 2.48 bits per heavy atom. The van der Waals surface area contributed by atoms with E-state index in [2.05, 4.69) is 27.0 Å². The van der Waals surface area contributed by atoms with Crippen molar-refractivity contribution in [3.05, 3.63) is 94.3 Å². The second-order valence-electron chi connectivity index (χ2n) is 6.37. The molecule has 1 atom stereocenters. The molecule has 0 aliphatic carbocycles. The molecule has 3 aromatic rings. The monoisotopic (exact) mass is 378 g/mol. The summed E-state index contributed by atoms with van der Waals surface area (Å²) in [4.78, 5) is 12.7. The van der Waals surface area contributed by atoms with Gasteiger partial charge in [-0.25, -0.2) is 0 Å². The van der Waals surface area contributed by atoms with Crippen LogP contribution in [0.1, 0.15) is 17.3 Å². The van der Waals surface area contributed by atoms with Gasteiger partial charge in [-0.1, -0.05) is 18.2 Å². The quantitative estimate of drug-likeness (QED) is 0.420. The molecule has 1 aromatic heterocycles. The first kappa shape index (κ1) is 17.2. The maximum absolute atomic E-state index is 11.0. The van der Waals surface area contributed by atoms with E-state index in [1.54, 1.807) is 12.1 Å². The summed E-state index contributed by atoms with van der Waals surface area (Å²) < 4.78 is 2.20. The highest BCUT2D eigenvalue weighted by Crippen LogP contribution is 2.33. The molecule has 1 N–H and O–H groups in total. The number of para-hydroxylation sites is 1. The lowest BCUT2D eigenvalue weighted by Crippen LogP contribution is -2.44. The molecule has 0 amide bonds. The predicted molar refractivity (Wildman–Crippen MR) is 109 cm³/mol. The Balaban J connectivity index is 1.67. The van der Waals surface area contributed by atoms with E-state index in [-0.39, 0.29) is 16.7 Å². The van der Waals surface area contributed by atoms with Crippen molar-refractivity contribution in [1.82, 2.24) is 9.47 Å². The van der Waals surface area contributed by atoms with Gasteiger partial charge in [0, 0.05) is 42.8 Å². The smallest absolute Gasteiger partial charge is 0.269 e. The fourth-order valence-electron chi connectivity index (χ4n) is 3.45. The Labute approximate surface area is 162 Å². The highest BCUT2D eigenvalue weighted by atomic mass is 32.1. The van der Waals surface area contributed by atoms with Gasteiger partial charge >= 0.3 is 0 Å². The highest BCUT2D eigenvalue weighted by Gasteiger charge is 2.30. The Bertz CT molecular complexity index is 969. The molecule has 4 rings (SSSR count). The third-order valence-corrected chi connectivity index (χ3v) is 5.08. The zero-order chi connectivity index (χ0) is 18.8. The maximum atomic E-state index is 11.0. The number of hydrogen-bond acceptors (Lipinski definition) is 3. The van der Waals surface area contributed by atoms with Crippen molar-refractivity contribution >= 4 is 28.7 Å². The Morgan fingerprint density at radius 2 is 1.78 bits per heavy atom. The van der Waals surface area contributed by atoms with Crippen LogP contribution in [0.15, 0.2) is 72.9 Å². The van der Waals surface area contributed by atoms with E-state index >= 15 is 0 Å². The molecule has 0 saturated heterocycles. The van der Waals surface area contributed by atoms with E-state index in [4.69, 9.17) is 12.2 Å². The summed E-state index contributed by atoms with van der Waals surface area (Å²) >= 11 is 5.70. The minimum atomic E-state index is -0.382. The van der Waals surface area contributed by atoms with Crippen LogP contribution >= 0.6 is 12.2 Å². The molecule has 1 aliphatic heterocycles. The first-order valence-corrected chi connectivity index (χ1v) is 9.06. The first-order chi connectivity index (χ1) is 13.1. The summed E-state index contributed by atoms with van der Waals surface area (Å²) in [6.07, 6.45) is 2.05. The number of anilines is 1. The number of hydrogen-bond donors (Lipinski definition) is 1. The highest BCUT2D eigenvalue weighted by molar-refractivity contribution is 7.80. The van der Waals surface area contributed by atoms with Crippen LogP contribution in [0.25, 0.3) is 0 Å². The average Bonchev–Trinajstić information content (AvgIpc) is 3.17. The van der Waals surface area contributed by atoms with Crippen LogP contribution in [0.3, 0.4) is 0 Å². The molecule has 136 valence electrons. The van der Waals surface area contributed by atoms with Gasteiger partial charge < -0.3 is 14.8 Å². The Morgan fingerprint density at radius 1 is 1.04 bits per heavy atom. The van der Waals surface area contributed by atoms with E-state index in [9.17, 15) is 10.1 Å². The zero-order valence-corrected chi connectivity index (χ0v) is 15.3. The summed E-state index contributed by atoms with van der Waals surface area (Å²) in [6, 6.07) is 20.5. The second kappa shape index (κ2) is 7.20. The molecular weight excluding hydrogens is 360 g/mol. The number of nitrogens with one attached hydrogen (secondary N) is 1. The summed E-state index contributed by atoms with van der Waals surface area (Å²) in [7, 11) is 0. The maximum Gasteiger partial charge on any atom is 0.269 e. The number of thiocarbonyl (C=S) groups is 1. The predicted octanol–water partition coefficient (Wildman–Crippen LogP) is 4.20. The Hall–Kier alpha value is -3.19. The molecule has 27 heavy (non-hydrogen) atoms. The third-order valence-electron chi connectivity index (χ3n) is 4.74. The van der Waals surface area contributed by atoms with E-state index in [1.807, 2.05) is 48.5 Å². The average molecular weight is 378 g/mol. The van der Waals surface area contributed by atoms with Crippen LogP contribution in [-0.4, -0.2) is 26.0 Å². The van der Waals surface area contributed by atoms with Crippen LogP contribution in [0.2, 0.25) is 0 Å². The van der Waals surface area contributed by atoms with E-state index in [0.717, 1.165) is 30.0 Å². The molecule has 0 bridgehead atoms. The molecule has 7 heteroatoms. The number of aromatic nitrogens is 1. The SMILES string of the molecule is O=[N+]([O-])c1ccc([C@@H]2c3cccn3CCN2C(=S)Nc2ccccc2)cc1.